The van der Waals surface area contributed by atoms with Gasteiger partial charge in [-0.2, -0.15) is 5.10 Å². The molecule has 1 atom stereocenters. The summed E-state index contributed by atoms with van der Waals surface area (Å²) in [6.45, 7) is 10.1. The van der Waals surface area contributed by atoms with E-state index in [1.54, 1.807) is 0 Å². The number of rotatable bonds is 8. The molecule has 0 radical (unpaired) electrons. The number of ether oxygens (including phenoxy) is 1. The third-order valence-corrected chi connectivity index (χ3v) is 3.66. The molecule has 0 spiro atoms. The van der Waals surface area contributed by atoms with Gasteiger partial charge in [-0.3, -0.25) is 4.68 Å². The molecule has 4 heteroatoms. The third kappa shape index (κ3) is 3.12. The van der Waals surface area contributed by atoms with Crippen molar-refractivity contribution in [1.82, 2.24) is 9.78 Å². The Kier molecular flexibility index (Phi) is 5.82. The number of nitrogens with zero attached hydrogens (tertiary/aromatic N) is 2. The number of hydrogen-bond acceptors (Lipinski definition) is 3. The summed E-state index contributed by atoms with van der Waals surface area (Å²) in [6.07, 6.45) is 6.83. The van der Waals surface area contributed by atoms with Crippen LogP contribution in [0.5, 0.6) is 0 Å². The van der Waals surface area contributed by atoms with Crippen LogP contribution in [0.15, 0.2) is 12.4 Å². The summed E-state index contributed by atoms with van der Waals surface area (Å²) in [6, 6.07) is -0.113. The molecule has 0 aromatic carbocycles. The maximum Gasteiger partial charge on any atom is 0.0869 e. The van der Waals surface area contributed by atoms with Crippen LogP contribution in [0, 0.1) is 0 Å². The normalized spacial score (nSPS) is 13.8. The summed E-state index contributed by atoms with van der Waals surface area (Å²) >= 11 is 0. The van der Waals surface area contributed by atoms with E-state index in [0.717, 1.165) is 31.4 Å². The van der Waals surface area contributed by atoms with Gasteiger partial charge in [0.1, 0.15) is 0 Å². The zero-order valence-electron chi connectivity index (χ0n) is 12.1. The smallest absolute Gasteiger partial charge is 0.0869 e. The highest BCUT2D eigenvalue weighted by molar-refractivity contribution is 5.15. The van der Waals surface area contributed by atoms with Crippen LogP contribution in [-0.2, 0) is 11.3 Å². The second-order valence-corrected chi connectivity index (χ2v) is 4.72. The largest absolute Gasteiger partial charge is 0.373 e. The topological polar surface area (TPSA) is 53.1 Å². The van der Waals surface area contributed by atoms with Gasteiger partial charge in [0.15, 0.2) is 0 Å². The van der Waals surface area contributed by atoms with Crippen molar-refractivity contribution in [3.8, 4) is 0 Å². The van der Waals surface area contributed by atoms with Gasteiger partial charge in [0.05, 0.1) is 17.8 Å². The second kappa shape index (κ2) is 6.90. The average Bonchev–Trinajstić information content (AvgIpc) is 2.84. The molecular weight excluding hydrogens is 226 g/mol. The lowest BCUT2D eigenvalue weighted by atomic mass is 9.85. The van der Waals surface area contributed by atoms with Crippen LogP contribution in [0.4, 0.5) is 0 Å². The van der Waals surface area contributed by atoms with Gasteiger partial charge in [-0.15, -0.1) is 0 Å². The summed E-state index contributed by atoms with van der Waals surface area (Å²) in [4.78, 5) is 0. The summed E-state index contributed by atoms with van der Waals surface area (Å²) in [5.41, 5.74) is 7.21. The van der Waals surface area contributed by atoms with Gasteiger partial charge in [0, 0.05) is 24.9 Å². The van der Waals surface area contributed by atoms with Crippen LogP contribution in [0.2, 0.25) is 0 Å². The molecular formula is C14H27N3O. The fraction of sp³-hybridized carbons (Fsp3) is 0.786. The molecule has 0 saturated carbocycles. The molecule has 0 aliphatic carbocycles. The number of aryl methyl sites for hydroxylation is 1. The molecule has 0 aliphatic rings. The van der Waals surface area contributed by atoms with Crippen LogP contribution in [0.1, 0.15) is 58.6 Å². The highest BCUT2D eigenvalue weighted by Crippen LogP contribution is 2.33. The maximum atomic E-state index is 6.41. The van der Waals surface area contributed by atoms with Crippen LogP contribution < -0.4 is 5.73 Å². The quantitative estimate of drug-likeness (QED) is 0.775. The Hall–Kier alpha value is -0.870. The fourth-order valence-corrected chi connectivity index (χ4v) is 2.47. The minimum absolute atomic E-state index is 0.113. The predicted octanol–water partition coefficient (Wildman–Crippen LogP) is 2.89. The molecule has 104 valence electrons. The van der Waals surface area contributed by atoms with Gasteiger partial charge in [0.25, 0.3) is 0 Å². The Labute approximate surface area is 111 Å². The van der Waals surface area contributed by atoms with Crippen molar-refractivity contribution < 1.29 is 4.74 Å². The average molecular weight is 253 g/mol. The summed E-state index contributed by atoms with van der Waals surface area (Å²) < 4.78 is 7.91. The summed E-state index contributed by atoms with van der Waals surface area (Å²) in [5, 5.41) is 4.35. The molecule has 1 rings (SSSR count). The van der Waals surface area contributed by atoms with Gasteiger partial charge >= 0.3 is 0 Å². The van der Waals surface area contributed by atoms with E-state index >= 15 is 0 Å². The molecule has 1 aromatic rings. The van der Waals surface area contributed by atoms with E-state index in [1.807, 2.05) is 24.0 Å². The molecule has 1 unspecified atom stereocenters. The lowest BCUT2D eigenvalue weighted by Crippen LogP contribution is -2.42. The van der Waals surface area contributed by atoms with Gasteiger partial charge in [-0.1, -0.05) is 20.8 Å². The van der Waals surface area contributed by atoms with Gasteiger partial charge in [0.2, 0.25) is 0 Å². The Morgan fingerprint density at radius 3 is 2.50 bits per heavy atom. The molecule has 2 N–H and O–H groups in total. The van der Waals surface area contributed by atoms with E-state index in [0.29, 0.717) is 6.61 Å². The van der Waals surface area contributed by atoms with E-state index in [9.17, 15) is 0 Å². The molecule has 0 saturated heterocycles. The SMILES string of the molecule is CCCn1cc(C(N)C(CC)(CC)OCC)cn1. The first-order valence-corrected chi connectivity index (χ1v) is 7.05. The molecule has 1 heterocycles. The Morgan fingerprint density at radius 1 is 1.33 bits per heavy atom. The van der Waals surface area contributed by atoms with E-state index in [-0.39, 0.29) is 11.6 Å². The minimum Gasteiger partial charge on any atom is -0.373 e. The van der Waals surface area contributed by atoms with E-state index in [2.05, 4.69) is 25.9 Å². The monoisotopic (exact) mass is 253 g/mol. The Balaban J connectivity index is 2.90. The lowest BCUT2D eigenvalue weighted by molar-refractivity contribution is -0.0645. The zero-order chi connectivity index (χ0) is 13.6. The van der Waals surface area contributed by atoms with Crippen LogP contribution >= 0.6 is 0 Å². The highest BCUT2D eigenvalue weighted by atomic mass is 16.5. The third-order valence-electron chi connectivity index (χ3n) is 3.66. The van der Waals surface area contributed by atoms with Crippen molar-refractivity contribution in [2.45, 2.75) is 65.1 Å². The molecule has 18 heavy (non-hydrogen) atoms. The van der Waals surface area contributed by atoms with Gasteiger partial charge in [-0.05, 0) is 26.2 Å². The standard InChI is InChI=1S/C14H27N3O/c1-5-9-17-11-12(10-16-17)13(15)14(6-2,7-3)18-8-4/h10-11,13H,5-9,15H2,1-4H3. The van der Waals surface area contributed by atoms with Crippen LogP contribution in [0.3, 0.4) is 0 Å². The first-order chi connectivity index (χ1) is 8.63. The lowest BCUT2D eigenvalue weighted by Gasteiger charge is -2.36. The van der Waals surface area contributed by atoms with Gasteiger partial charge in [-0.25, -0.2) is 0 Å². The van der Waals surface area contributed by atoms with E-state index < -0.39 is 0 Å². The molecule has 4 nitrogen and oxygen atoms in total. The molecule has 0 aliphatic heterocycles. The van der Waals surface area contributed by atoms with Crippen molar-refractivity contribution >= 4 is 0 Å². The maximum absolute atomic E-state index is 6.41. The van der Waals surface area contributed by atoms with Crippen molar-refractivity contribution in [2.75, 3.05) is 6.61 Å². The van der Waals surface area contributed by atoms with Crippen LogP contribution in [-0.4, -0.2) is 22.0 Å². The van der Waals surface area contributed by atoms with E-state index in [4.69, 9.17) is 10.5 Å². The molecule has 0 bridgehead atoms. The number of aromatic nitrogens is 2. The summed E-state index contributed by atoms with van der Waals surface area (Å²) in [7, 11) is 0. The first kappa shape index (κ1) is 15.2. The van der Waals surface area contributed by atoms with Crippen molar-refractivity contribution in [3.05, 3.63) is 18.0 Å². The number of nitrogens with two attached hydrogens (primary N) is 1. The summed E-state index contributed by atoms with van der Waals surface area (Å²) in [5.74, 6) is 0. The Morgan fingerprint density at radius 2 is 2.00 bits per heavy atom. The van der Waals surface area contributed by atoms with E-state index in [1.165, 1.54) is 0 Å². The number of hydrogen-bond donors (Lipinski definition) is 1. The minimum atomic E-state index is -0.269. The van der Waals surface area contributed by atoms with Crippen molar-refractivity contribution in [3.63, 3.8) is 0 Å². The fourth-order valence-electron chi connectivity index (χ4n) is 2.47. The molecule has 0 fully saturated rings. The molecule has 0 amide bonds. The van der Waals surface area contributed by atoms with Crippen molar-refractivity contribution in [2.24, 2.45) is 5.73 Å². The first-order valence-electron chi connectivity index (χ1n) is 7.05. The van der Waals surface area contributed by atoms with Gasteiger partial charge < -0.3 is 10.5 Å². The highest BCUT2D eigenvalue weighted by Gasteiger charge is 2.35. The van der Waals surface area contributed by atoms with Crippen molar-refractivity contribution in [1.29, 1.82) is 0 Å². The van der Waals surface area contributed by atoms with Crippen LogP contribution in [0.25, 0.3) is 0 Å². The zero-order valence-corrected chi connectivity index (χ0v) is 12.1. The molecule has 1 aromatic heterocycles. The predicted molar refractivity (Wildman–Crippen MR) is 74.4 cm³/mol. The Bertz CT molecular complexity index is 345. The second-order valence-electron chi connectivity index (χ2n) is 4.72.